The van der Waals surface area contributed by atoms with Crippen molar-refractivity contribution < 1.29 is 9.53 Å². The predicted molar refractivity (Wildman–Crippen MR) is 87.2 cm³/mol. The number of ether oxygens (including phenoxy) is 1. The van der Waals surface area contributed by atoms with Crippen LogP contribution < -0.4 is 4.74 Å². The minimum Gasteiger partial charge on any atom is -0.426 e. The molecule has 2 nitrogen and oxygen atoms in total. The van der Waals surface area contributed by atoms with Gasteiger partial charge in [0.2, 0.25) is 0 Å². The normalized spacial score (nSPS) is 17.1. The Morgan fingerprint density at radius 3 is 2.64 bits per heavy atom. The van der Waals surface area contributed by atoms with Gasteiger partial charge in [-0.05, 0) is 29.3 Å². The maximum absolute atomic E-state index is 12.0. The van der Waals surface area contributed by atoms with E-state index in [1.807, 2.05) is 30.3 Å². The van der Waals surface area contributed by atoms with Crippen LogP contribution in [-0.2, 0) is 4.79 Å². The van der Waals surface area contributed by atoms with Crippen molar-refractivity contribution in [2.24, 2.45) is 0 Å². The number of hydrogen-bond donors (Lipinski definition) is 0. The van der Waals surface area contributed by atoms with Gasteiger partial charge in [0.1, 0.15) is 5.75 Å². The summed E-state index contributed by atoms with van der Waals surface area (Å²) in [6.07, 6.45) is 0.393. The van der Waals surface area contributed by atoms with Gasteiger partial charge in [0.15, 0.2) is 0 Å². The fraction of sp³-hybridized carbons (Fsp3) is 0.150. The highest BCUT2D eigenvalue weighted by atomic mass is 16.5. The smallest absolute Gasteiger partial charge is 0.312 e. The number of carbonyl (C=O) groups excluding carboxylic acids is 1. The number of esters is 1. The zero-order valence-electron chi connectivity index (χ0n) is 12.4. The minimum atomic E-state index is -0.159. The Labute approximate surface area is 129 Å². The molecule has 0 bridgehead atoms. The first kappa shape index (κ1) is 13.1. The fourth-order valence-corrected chi connectivity index (χ4v) is 3.30. The highest BCUT2D eigenvalue weighted by molar-refractivity contribution is 5.92. The molecular formula is C20H16O2. The summed E-state index contributed by atoms with van der Waals surface area (Å²) in [6.45, 7) is 2.09. The molecule has 1 heterocycles. The lowest BCUT2D eigenvalue weighted by Gasteiger charge is -2.26. The maximum Gasteiger partial charge on any atom is 0.312 e. The molecule has 0 fully saturated rings. The van der Waals surface area contributed by atoms with Crippen molar-refractivity contribution in [3.8, 4) is 5.75 Å². The Hall–Kier alpha value is -2.61. The summed E-state index contributed by atoms with van der Waals surface area (Å²) in [5.74, 6) is 0.595. The topological polar surface area (TPSA) is 26.3 Å². The van der Waals surface area contributed by atoms with Gasteiger partial charge in [-0.1, -0.05) is 60.2 Å². The average molecular weight is 288 g/mol. The third-order valence-corrected chi connectivity index (χ3v) is 4.32. The van der Waals surface area contributed by atoms with Gasteiger partial charge < -0.3 is 4.74 Å². The third kappa shape index (κ3) is 2.08. The number of aryl methyl sites for hydroxylation is 1. The van der Waals surface area contributed by atoms with Crippen LogP contribution in [-0.4, -0.2) is 5.97 Å². The molecule has 22 heavy (non-hydrogen) atoms. The van der Waals surface area contributed by atoms with E-state index in [1.54, 1.807) is 0 Å². The Kier molecular flexibility index (Phi) is 2.97. The fourth-order valence-electron chi connectivity index (χ4n) is 3.30. The van der Waals surface area contributed by atoms with E-state index >= 15 is 0 Å². The minimum absolute atomic E-state index is 0.0591. The largest absolute Gasteiger partial charge is 0.426 e. The Bertz CT molecular complexity index is 866. The average Bonchev–Trinajstić information content (AvgIpc) is 2.54. The number of hydrogen-bond acceptors (Lipinski definition) is 2. The summed E-state index contributed by atoms with van der Waals surface area (Å²) in [7, 11) is 0. The maximum atomic E-state index is 12.0. The second kappa shape index (κ2) is 4.99. The summed E-state index contributed by atoms with van der Waals surface area (Å²) < 4.78 is 5.48. The van der Waals surface area contributed by atoms with E-state index in [9.17, 15) is 4.79 Å². The van der Waals surface area contributed by atoms with Gasteiger partial charge in [0.05, 0.1) is 6.42 Å². The molecule has 3 aromatic carbocycles. The van der Waals surface area contributed by atoms with Crippen LogP contribution in [0.2, 0.25) is 0 Å². The van der Waals surface area contributed by atoms with E-state index < -0.39 is 0 Å². The second-order valence-electron chi connectivity index (χ2n) is 5.84. The highest BCUT2D eigenvalue weighted by Crippen LogP contribution is 2.42. The zero-order chi connectivity index (χ0) is 15.1. The lowest BCUT2D eigenvalue weighted by Crippen LogP contribution is -2.21. The van der Waals surface area contributed by atoms with Crippen molar-refractivity contribution in [3.63, 3.8) is 0 Å². The summed E-state index contributed by atoms with van der Waals surface area (Å²) in [5, 5.41) is 2.36. The molecule has 1 aliphatic rings. The van der Waals surface area contributed by atoms with Crippen LogP contribution >= 0.6 is 0 Å². The van der Waals surface area contributed by atoms with Crippen molar-refractivity contribution in [2.75, 3.05) is 0 Å². The van der Waals surface area contributed by atoms with Gasteiger partial charge >= 0.3 is 5.97 Å². The molecule has 1 aliphatic heterocycles. The molecular weight excluding hydrogens is 272 g/mol. The van der Waals surface area contributed by atoms with Crippen molar-refractivity contribution >= 4 is 16.7 Å². The van der Waals surface area contributed by atoms with Crippen molar-refractivity contribution in [2.45, 2.75) is 19.3 Å². The molecule has 0 radical (unpaired) electrons. The first-order valence-corrected chi connectivity index (χ1v) is 7.51. The van der Waals surface area contributed by atoms with Crippen molar-refractivity contribution in [1.29, 1.82) is 0 Å². The van der Waals surface area contributed by atoms with E-state index in [0.29, 0.717) is 12.2 Å². The van der Waals surface area contributed by atoms with Crippen LogP contribution in [0.5, 0.6) is 5.75 Å². The van der Waals surface area contributed by atoms with Gasteiger partial charge in [0, 0.05) is 11.5 Å². The van der Waals surface area contributed by atoms with Crippen LogP contribution in [0.25, 0.3) is 10.8 Å². The molecule has 1 atom stereocenters. The third-order valence-electron chi connectivity index (χ3n) is 4.32. The quantitative estimate of drug-likeness (QED) is 0.483. The Balaban J connectivity index is 1.99. The Morgan fingerprint density at radius 2 is 1.82 bits per heavy atom. The molecule has 0 saturated heterocycles. The van der Waals surface area contributed by atoms with Crippen LogP contribution in [0, 0.1) is 6.92 Å². The lowest BCUT2D eigenvalue weighted by molar-refractivity contribution is -0.135. The molecule has 4 rings (SSSR count). The van der Waals surface area contributed by atoms with Gasteiger partial charge in [-0.15, -0.1) is 0 Å². The standard InChI is InChI=1S/C20H16O2/c1-13-7-9-16-15(11-13)8-10-18-20(16)17(12-19(21)22-18)14-5-3-2-4-6-14/h2-11,17H,12H2,1H3/t17-/m1/s1. The van der Waals surface area contributed by atoms with Crippen LogP contribution in [0.15, 0.2) is 60.7 Å². The van der Waals surface area contributed by atoms with E-state index in [2.05, 4.69) is 37.3 Å². The number of rotatable bonds is 1. The highest BCUT2D eigenvalue weighted by Gasteiger charge is 2.29. The van der Waals surface area contributed by atoms with Crippen molar-refractivity contribution in [1.82, 2.24) is 0 Å². The summed E-state index contributed by atoms with van der Waals surface area (Å²) in [6, 6.07) is 20.6. The monoisotopic (exact) mass is 288 g/mol. The van der Waals surface area contributed by atoms with Crippen LogP contribution in [0.4, 0.5) is 0 Å². The number of benzene rings is 3. The SMILES string of the molecule is Cc1ccc2c3c(ccc2c1)OC(=O)C[C@@H]3c1ccccc1. The molecule has 0 aromatic heterocycles. The molecule has 3 aromatic rings. The molecule has 108 valence electrons. The first-order chi connectivity index (χ1) is 10.7. The first-order valence-electron chi connectivity index (χ1n) is 7.51. The lowest BCUT2D eigenvalue weighted by atomic mass is 9.83. The molecule has 0 N–H and O–H groups in total. The molecule has 0 saturated carbocycles. The predicted octanol–water partition coefficient (Wildman–Crippen LogP) is 4.59. The van der Waals surface area contributed by atoms with E-state index in [-0.39, 0.29) is 11.9 Å². The molecule has 0 amide bonds. The van der Waals surface area contributed by atoms with E-state index in [4.69, 9.17) is 4.74 Å². The summed E-state index contributed by atoms with van der Waals surface area (Å²) in [5.41, 5.74) is 3.52. The number of carbonyl (C=O) groups is 1. The number of fused-ring (bicyclic) bond motifs is 3. The van der Waals surface area contributed by atoms with Crippen molar-refractivity contribution in [3.05, 3.63) is 77.4 Å². The van der Waals surface area contributed by atoms with Gasteiger partial charge in [0.25, 0.3) is 0 Å². The summed E-state index contributed by atoms with van der Waals surface area (Å²) in [4.78, 5) is 12.0. The molecule has 0 aliphatic carbocycles. The molecule has 2 heteroatoms. The van der Waals surface area contributed by atoms with E-state index in [0.717, 1.165) is 11.1 Å². The summed E-state index contributed by atoms with van der Waals surface area (Å²) >= 11 is 0. The van der Waals surface area contributed by atoms with Gasteiger partial charge in [-0.25, -0.2) is 0 Å². The molecule has 0 spiro atoms. The molecule has 0 unspecified atom stereocenters. The second-order valence-corrected chi connectivity index (χ2v) is 5.84. The zero-order valence-corrected chi connectivity index (χ0v) is 12.4. The van der Waals surface area contributed by atoms with Crippen LogP contribution in [0.3, 0.4) is 0 Å². The van der Waals surface area contributed by atoms with Gasteiger partial charge in [-0.3, -0.25) is 4.79 Å². The van der Waals surface area contributed by atoms with Gasteiger partial charge in [-0.2, -0.15) is 0 Å². The van der Waals surface area contributed by atoms with Crippen LogP contribution in [0.1, 0.15) is 29.0 Å². The van der Waals surface area contributed by atoms with E-state index in [1.165, 1.54) is 16.3 Å². The Morgan fingerprint density at radius 1 is 1.00 bits per heavy atom.